The Morgan fingerprint density at radius 2 is 1.78 bits per heavy atom. The lowest BCUT2D eigenvalue weighted by Gasteiger charge is -2.19. The summed E-state index contributed by atoms with van der Waals surface area (Å²) < 4.78 is 21.7. The van der Waals surface area contributed by atoms with Gasteiger partial charge in [0.15, 0.2) is 5.65 Å². The molecule has 0 aliphatic carbocycles. The summed E-state index contributed by atoms with van der Waals surface area (Å²) in [5, 5.41) is 14.9. The number of ether oxygens (including phenoxy) is 1. The van der Waals surface area contributed by atoms with Gasteiger partial charge in [-0.25, -0.2) is 14.1 Å². The number of hydrogen-bond donors (Lipinski definition) is 1. The molecule has 0 amide bonds. The van der Waals surface area contributed by atoms with Crippen LogP contribution in [0.4, 0.5) is 4.39 Å². The number of aliphatic hydroxyl groups is 1. The molecule has 1 N–H and O–H groups in total. The summed E-state index contributed by atoms with van der Waals surface area (Å²) in [5.41, 5.74) is 1.88. The molecule has 2 heterocycles. The molecule has 0 saturated heterocycles. The Kier molecular flexibility index (Phi) is 5.80. The first-order valence-corrected chi connectivity index (χ1v) is 10.3. The monoisotopic (exact) mass is 436 g/mol. The van der Waals surface area contributed by atoms with Gasteiger partial charge in [-0.15, -0.1) is 0 Å². The van der Waals surface area contributed by atoms with E-state index in [4.69, 9.17) is 4.74 Å². The topological polar surface area (TPSA) is 82.2 Å². The SMILES string of the molecule is CC(C)(C)c1ccc(OCC(O)Cn2cnc3c(cnn3-c3ccc(F)cc3)c2=O)cc1. The molecule has 1 unspecified atom stereocenters. The maximum atomic E-state index is 13.2. The lowest BCUT2D eigenvalue weighted by molar-refractivity contribution is 0.0914. The second-order valence-electron chi connectivity index (χ2n) is 8.71. The highest BCUT2D eigenvalue weighted by atomic mass is 19.1. The molecule has 4 aromatic rings. The molecule has 0 fully saturated rings. The molecular weight excluding hydrogens is 411 g/mol. The highest BCUT2D eigenvalue weighted by Crippen LogP contribution is 2.24. The van der Waals surface area contributed by atoms with Crippen molar-refractivity contribution >= 4 is 11.0 Å². The van der Waals surface area contributed by atoms with Gasteiger partial charge in [-0.3, -0.25) is 9.36 Å². The van der Waals surface area contributed by atoms with Crippen LogP contribution >= 0.6 is 0 Å². The van der Waals surface area contributed by atoms with Crippen molar-refractivity contribution in [2.24, 2.45) is 0 Å². The van der Waals surface area contributed by atoms with Gasteiger partial charge in [0, 0.05) is 0 Å². The molecule has 2 aromatic carbocycles. The number of aliphatic hydroxyl groups excluding tert-OH is 1. The van der Waals surface area contributed by atoms with Crippen molar-refractivity contribution in [3.05, 3.63) is 82.8 Å². The molecule has 32 heavy (non-hydrogen) atoms. The van der Waals surface area contributed by atoms with Gasteiger partial charge in [0.2, 0.25) is 0 Å². The minimum atomic E-state index is -0.901. The van der Waals surface area contributed by atoms with Crippen LogP contribution in [0.5, 0.6) is 5.75 Å². The first-order valence-electron chi connectivity index (χ1n) is 10.3. The molecule has 0 aliphatic rings. The zero-order valence-corrected chi connectivity index (χ0v) is 18.2. The van der Waals surface area contributed by atoms with Crippen LogP contribution in [0, 0.1) is 5.82 Å². The normalized spacial score (nSPS) is 12.8. The third kappa shape index (κ3) is 4.55. The predicted molar refractivity (Wildman–Crippen MR) is 120 cm³/mol. The van der Waals surface area contributed by atoms with Crippen LogP contribution in [-0.2, 0) is 12.0 Å². The molecule has 0 bridgehead atoms. The maximum absolute atomic E-state index is 13.2. The van der Waals surface area contributed by atoms with E-state index < -0.39 is 6.10 Å². The van der Waals surface area contributed by atoms with Crippen molar-refractivity contribution in [3.8, 4) is 11.4 Å². The zero-order chi connectivity index (χ0) is 22.9. The summed E-state index contributed by atoms with van der Waals surface area (Å²) in [6, 6.07) is 13.5. The number of nitrogens with zero attached hydrogens (tertiary/aromatic N) is 4. The van der Waals surface area contributed by atoms with Crippen molar-refractivity contribution in [2.75, 3.05) is 6.61 Å². The quantitative estimate of drug-likeness (QED) is 0.501. The van der Waals surface area contributed by atoms with Crippen LogP contribution in [0.3, 0.4) is 0 Å². The van der Waals surface area contributed by atoms with Crippen LogP contribution in [0.25, 0.3) is 16.7 Å². The summed E-state index contributed by atoms with van der Waals surface area (Å²) in [6.07, 6.45) is 1.89. The highest BCUT2D eigenvalue weighted by molar-refractivity contribution is 5.74. The van der Waals surface area contributed by atoms with Gasteiger partial charge in [-0.1, -0.05) is 32.9 Å². The molecule has 2 aromatic heterocycles. The van der Waals surface area contributed by atoms with Gasteiger partial charge >= 0.3 is 0 Å². The summed E-state index contributed by atoms with van der Waals surface area (Å²) in [4.78, 5) is 17.1. The molecule has 0 radical (unpaired) electrons. The lowest BCUT2D eigenvalue weighted by Crippen LogP contribution is -2.30. The van der Waals surface area contributed by atoms with E-state index in [2.05, 4.69) is 30.9 Å². The van der Waals surface area contributed by atoms with E-state index in [0.29, 0.717) is 22.5 Å². The van der Waals surface area contributed by atoms with Crippen molar-refractivity contribution in [2.45, 2.75) is 38.8 Å². The van der Waals surface area contributed by atoms with Crippen molar-refractivity contribution in [3.63, 3.8) is 0 Å². The Morgan fingerprint density at radius 3 is 2.44 bits per heavy atom. The first-order chi connectivity index (χ1) is 15.2. The van der Waals surface area contributed by atoms with Crippen molar-refractivity contribution in [1.29, 1.82) is 0 Å². The fourth-order valence-corrected chi connectivity index (χ4v) is 3.37. The lowest BCUT2D eigenvalue weighted by atomic mass is 9.87. The first kappa shape index (κ1) is 21.7. The van der Waals surface area contributed by atoms with E-state index in [1.807, 2.05) is 24.3 Å². The van der Waals surface area contributed by atoms with E-state index in [1.54, 1.807) is 12.1 Å². The van der Waals surface area contributed by atoms with Crippen molar-refractivity contribution in [1.82, 2.24) is 19.3 Å². The minimum absolute atomic E-state index is 0.0313. The number of benzene rings is 2. The van der Waals surface area contributed by atoms with E-state index in [1.165, 1.54) is 39.5 Å². The van der Waals surface area contributed by atoms with Crippen LogP contribution < -0.4 is 10.3 Å². The molecular formula is C24H25FN4O3. The summed E-state index contributed by atoms with van der Waals surface area (Å²) in [5.74, 6) is 0.292. The molecule has 8 heteroatoms. The second-order valence-corrected chi connectivity index (χ2v) is 8.71. The zero-order valence-electron chi connectivity index (χ0n) is 18.2. The Morgan fingerprint density at radius 1 is 1.09 bits per heavy atom. The minimum Gasteiger partial charge on any atom is -0.491 e. The Hall–Kier alpha value is -3.52. The number of halogens is 1. The molecule has 4 rings (SSSR count). The van der Waals surface area contributed by atoms with Gasteiger partial charge < -0.3 is 9.84 Å². The average Bonchev–Trinajstić information content (AvgIpc) is 3.19. The standard InChI is InChI=1S/C24H25FN4O3/c1-24(2,3)16-4-10-20(11-5-16)32-14-19(30)13-28-15-26-22-21(23(28)31)12-27-29(22)18-8-6-17(25)7-9-18/h4-12,15,19,30H,13-14H2,1-3H3. The molecule has 1 atom stereocenters. The van der Waals surface area contributed by atoms with Gasteiger partial charge in [0.1, 0.15) is 36.0 Å². The molecule has 0 aliphatic heterocycles. The van der Waals surface area contributed by atoms with E-state index in [9.17, 15) is 14.3 Å². The fourth-order valence-electron chi connectivity index (χ4n) is 3.37. The summed E-state index contributed by atoms with van der Waals surface area (Å²) in [6.45, 7) is 6.48. The predicted octanol–water partition coefficient (Wildman–Crippen LogP) is 3.46. The molecule has 166 valence electrons. The fraction of sp³-hybridized carbons (Fsp3) is 0.292. The molecule has 0 spiro atoms. The van der Waals surface area contributed by atoms with Gasteiger partial charge in [0.05, 0.1) is 18.4 Å². The van der Waals surface area contributed by atoms with Crippen molar-refractivity contribution < 1.29 is 14.2 Å². The van der Waals surface area contributed by atoms with Gasteiger partial charge in [-0.05, 0) is 47.4 Å². The average molecular weight is 436 g/mol. The number of aromatic nitrogens is 4. The van der Waals surface area contributed by atoms with Gasteiger partial charge in [0.25, 0.3) is 5.56 Å². The van der Waals surface area contributed by atoms with Gasteiger partial charge in [-0.2, -0.15) is 5.10 Å². The van der Waals surface area contributed by atoms with E-state index in [0.717, 1.165) is 0 Å². The number of rotatable bonds is 6. The third-order valence-corrected chi connectivity index (χ3v) is 5.20. The number of hydrogen-bond acceptors (Lipinski definition) is 5. The number of fused-ring (bicyclic) bond motifs is 1. The third-order valence-electron chi connectivity index (χ3n) is 5.20. The van der Waals surface area contributed by atoms with Crippen LogP contribution in [-0.4, -0.2) is 37.1 Å². The Bertz CT molecular complexity index is 1270. The van der Waals surface area contributed by atoms with Crippen LogP contribution in [0.2, 0.25) is 0 Å². The Balaban J connectivity index is 1.45. The molecule has 0 saturated carbocycles. The van der Waals surface area contributed by atoms with E-state index in [-0.39, 0.29) is 29.9 Å². The highest BCUT2D eigenvalue weighted by Gasteiger charge is 2.15. The van der Waals surface area contributed by atoms with E-state index >= 15 is 0 Å². The van der Waals surface area contributed by atoms with Crippen LogP contribution in [0.15, 0.2) is 65.8 Å². The molecule has 7 nitrogen and oxygen atoms in total. The largest absolute Gasteiger partial charge is 0.491 e. The second kappa shape index (κ2) is 8.55. The van der Waals surface area contributed by atoms with Crippen LogP contribution in [0.1, 0.15) is 26.3 Å². The maximum Gasteiger partial charge on any atom is 0.264 e. The Labute approximate surface area is 184 Å². The summed E-state index contributed by atoms with van der Waals surface area (Å²) >= 11 is 0. The smallest absolute Gasteiger partial charge is 0.264 e. The summed E-state index contributed by atoms with van der Waals surface area (Å²) in [7, 11) is 0.